The molecule has 2 aromatic rings. The van der Waals surface area contributed by atoms with E-state index in [4.69, 9.17) is 5.73 Å². The molecule has 2 aromatic heterocycles. The Bertz CT molecular complexity index is 452. The average Bonchev–Trinajstić information content (AvgIpc) is 2.60. The lowest BCUT2D eigenvalue weighted by molar-refractivity contribution is 0.140. The number of alkyl halides is 2. The maximum atomic E-state index is 12.2. The third kappa shape index (κ3) is 1.31. The SMILES string of the molecule is NCc1ccnc2nc(C(F)F)nn12. The molecular formula is C7H7F2N5. The van der Waals surface area contributed by atoms with E-state index in [0.717, 1.165) is 0 Å². The Labute approximate surface area is 77.6 Å². The second kappa shape index (κ2) is 3.26. The summed E-state index contributed by atoms with van der Waals surface area (Å²) >= 11 is 0. The van der Waals surface area contributed by atoms with Crippen LogP contribution in [-0.2, 0) is 6.54 Å². The van der Waals surface area contributed by atoms with Crippen LogP contribution in [0.3, 0.4) is 0 Å². The lowest BCUT2D eigenvalue weighted by atomic mass is 10.4. The van der Waals surface area contributed by atoms with Crippen molar-refractivity contribution in [1.82, 2.24) is 19.6 Å². The van der Waals surface area contributed by atoms with Gasteiger partial charge in [0.2, 0.25) is 5.82 Å². The van der Waals surface area contributed by atoms with Gasteiger partial charge in [-0.3, -0.25) is 0 Å². The number of fused-ring (bicyclic) bond motifs is 1. The standard InChI is InChI=1S/C7H7F2N5/c8-5(9)6-12-7-11-2-1-4(3-10)14(7)13-6/h1-2,5H,3,10H2. The van der Waals surface area contributed by atoms with Crippen LogP contribution in [-0.4, -0.2) is 19.6 Å². The third-order valence-corrected chi connectivity index (χ3v) is 1.74. The van der Waals surface area contributed by atoms with E-state index in [2.05, 4.69) is 15.1 Å². The van der Waals surface area contributed by atoms with E-state index in [1.54, 1.807) is 6.07 Å². The molecule has 7 heteroatoms. The summed E-state index contributed by atoms with van der Waals surface area (Å²) in [4.78, 5) is 7.35. The van der Waals surface area contributed by atoms with Crippen molar-refractivity contribution in [2.24, 2.45) is 5.73 Å². The van der Waals surface area contributed by atoms with Crippen LogP contribution in [0.15, 0.2) is 12.3 Å². The number of nitrogens with two attached hydrogens (primary N) is 1. The molecule has 2 N–H and O–H groups in total. The molecule has 0 bridgehead atoms. The lowest BCUT2D eigenvalue weighted by Crippen LogP contribution is -2.05. The van der Waals surface area contributed by atoms with Gasteiger partial charge < -0.3 is 5.73 Å². The summed E-state index contributed by atoms with van der Waals surface area (Å²) < 4.78 is 25.7. The summed E-state index contributed by atoms with van der Waals surface area (Å²) in [5.74, 6) is -0.387. The molecule has 2 rings (SSSR count). The number of nitrogens with zero attached hydrogens (tertiary/aromatic N) is 4. The summed E-state index contributed by atoms with van der Waals surface area (Å²) in [6.07, 6.45) is -1.23. The Morgan fingerprint density at radius 1 is 1.50 bits per heavy atom. The lowest BCUT2D eigenvalue weighted by Gasteiger charge is -1.97. The zero-order chi connectivity index (χ0) is 10.1. The van der Waals surface area contributed by atoms with Crippen molar-refractivity contribution in [2.75, 3.05) is 0 Å². The van der Waals surface area contributed by atoms with Gasteiger partial charge in [-0.2, -0.15) is 9.50 Å². The fourth-order valence-electron chi connectivity index (χ4n) is 1.10. The number of halogens is 2. The second-order valence-electron chi connectivity index (χ2n) is 2.62. The van der Waals surface area contributed by atoms with E-state index in [1.807, 2.05) is 0 Å². The molecule has 2 heterocycles. The van der Waals surface area contributed by atoms with Crippen molar-refractivity contribution < 1.29 is 8.78 Å². The van der Waals surface area contributed by atoms with Crippen molar-refractivity contribution in [3.05, 3.63) is 23.8 Å². The molecule has 0 fully saturated rings. The first kappa shape index (κ1) is 8.95. The van der Waals surface area contributed by atoms with Crippen LogP contribution < -0.4 is 5.73 Å². The highest BCUT2D eigenvalue weighted by molar-refractivity contribution is 5.28. The van der Waals surface area contributed by atoms with Crippen LogP contribution in [0.2, 0.25) is 0 Å². The molecule has 0 aliphatic carbocycles. The minimum absolute atomic E-state index is 0.142. The number of aromatic nitrogens is 4. The van der Waals surface area contributed by atoms with E-state index in [1.165, 1.54) is 10.7 Å². The van der Waals surface area contributed by atoms with Gasteiger partial charge in [0, 0.05) is 12.7 Å². The topological polar surface area (TPSA) is 69.1 Å². The number of rotatable bonds is 2. The molecule has 0 aromatic carbocycles. The molecule has 14 heavy (non-hydrogen) atoms. The Hall–Kier alpha value is -1.63. The van der Waals surface area contributed by atoms with Gasteiger partial charge >= 0.3 is 0 Å². The second-order valence-corrected chi connectivity index (χ2v) is 2.62. The summed E-state index contributed by atoms with van der Waals surface area (Å²) in [7, 11) is 0. The highest BCUT2D eigenvalue weighted by atomic mass is 19.3. The van der Waals surface area contributed by atoms with Gasteiger partial charge in [0.15, 0.2) is 0 Å². The van der Waals surface area contributed by atoms with Gasteiger partial charge in [0.1, 0.15) is 0 Å². The van der Waals surface area contributed by atoms with E-state index in [-0.39, 0.29) is 12.3 Å². The van der Waals surface area contributed by atoms with Crippen LogP contribution in [0.1, 0.15) is 17.9 Å². The van der Waals surface area contributed by atoms with Crippen LogP contribution in [0.25, 0.3) is 5.78 Å². The van der Waals surface area contributed by atoms with Gasteiger partial charge in [-0.15, -0.1) is 5.10 Å². The van der Waals surface area contributed by atoms with Crippen molar-refractivity contribution in [3.63, 3.8) is 0 Å². The Kier molecular flexibility index (Phi) is 2.08. The maximum Gasteiger partial charge on any atom is 0.299 e. The smallest absolute Gasteiger partial charge is 0.299 e. The third-order valence-electron chi connectivity index (χ3n) is 1.74. The minimum Gasteiger partial charge on any atom is -0.325 e. The molecule has 0 radical (unpaired) electrons. The van der Waals surface area contributed by atoms with E-state index >= 15 is 0 Å². The maximum absolute atomic E-state index is 12.2. The first-order valence-electron chi connectivity index (χ1n) is 3.91. The Morgan fingerprint density at radius 2 is 2.29 bits per heavy atom. The highest BCUT2D eigenvalue weighted by Crippen LogP contribution is 2.14. The van der Waals surface area contributed by atoms with Crippen molar-refractivity contribution >= 4 is 5.78 Å². The molecule has 74 valence electrons. The molecule has 0 saturated heterocycles. The van der Waals surface area contributed by atoms with Crippen LogP contribution >= 0.6 is 0 Å². The highest BCUT2D eigenvalue weighted by Gasteiger charge is 2.15. The zero-order valence-electron chi connectivity index (χ0n) is 7.06. The fraction of sp³-hybridized carbons (Fsp3) is 0.286. The predicted molar refractivity (Wildman–Crippen MR) is 43.6 cm³/mol. The molecule has 0 spiro atoms. The van der Waals surface area contributed by atoms with Crippen molar-refractivity contribution in [2.45, 2.75) is 13.0 Å². The quantitative estimate of drug-likeness (QED) is 0.765. The first-order valence-corrected chi connectivity index (χ1v) is 3.91. The van der Waals surface area contributed by atoms with Crippen LogP contribution in [0, 0.1) is 0 Å². The van der Waals surface area contributed by atoms with Crippen LogP contribution in [0.4, 0.5) is 8.78 Å². The van der Waals surface area contributed by atoms with E-state index in [9.17, 15) is 8.78 Å². The van der Waals surface area contributed by atoms with Gasteiger partial charge in [0.25, 0.3) is 12.2 Å². The molecule has 0 atom stereocenters. The summed E-state index contributed by atoms with van der Waals surface area (Å²) in [6.45, 7) is 0.199. The molecule has 0 unspecified atom stereocenters. The van der Waals surface area contributed by atoms with E-state index < -0.39 is 12.2 Å². The number of hydrogen-bond donors (Lipinski definition) is 1. The zero-order valence-corrected chi connectivity index (χ0v) is 7.06. The molecule has 0 aliphatic rings. The molecule has 0 aliphatic heterocycles. The van der Waals surface area contributed by atoms with Gasteiger partial charge in [-0.25, -0.2) is 13.8 Å². The summed E-state index contributed by atoms with van der Waals surface area (Å²) in [5, 5.41) is 3.60. The Morgan fingerprint density at radius 3 is 2.93 bits per heavy atom. The van der Waals surface area contributed by atoms with Gasteiger partial charge in [-0.1, -0.05) is 0 Å². The summed E-state index contributed by atoms with van der Waals surface area (Å²) in [6, 6.07) is 1.61. The Balaban J connectivity index is 2.64. The van der Waals surface area contributed by atoms with Crippen molar-refractivity contribution in [1.29, 1.82) is 0 Å². The molecule has 0 amide bonds. The summed E-state index contributed by atoms with van der Waals surface area (Å²) in [5.41, 5.74) is 5.99. The largest absolute Gasteiger partial charge is 0.325 e. The average molecular weight is 199 g/mol. The molecular weight excluding hydrogens is 192 g/mol. The fourth-order valence-corrected chi connectivity index (χ4v) is 1.10. The van der Waals surface area contributed by atoms with Crippen molar-refractivity contribution in [3.8, 4) is 0 Å². The monoisotopic (exact) mass is 199 g/mol. The normalized spacial score (nSPS) is 11.4. The van der Waals surface area contributed by atoms with Gasteiger partial charge in [-0.05, 0) is 6.07 Å². The van der Waals surface area contributed by atoms with Crippen LogP contribution in [0.5, 0.6) is 0 Å². The molecule has 0 saturated carbocycles. The van der Waals surface area contributed by atoms with Gasteiger partial charge in [0.05, 0.1) is 5.69 Å². The first-order chi connectivity index (χ1) is 6.72. The predicted octanol–water partition coefficient (Wildman–Crippen LogP) is 0.521. The molecule has 5 nitrogen and oxygen atoms in total. The number of hydrogen-bond acceptors (Lipinski definition) is 4. The van der Waals surface area contributed by atoms with E-state index in [0.29, 0.717) is 5.69 Å². The minimum atomic E-state index is -2.69.